The predicted octanol–water partition coefficient (Wildman–Crippen LogP) is 0.917. The molecule has 0 heterocycles. The number of benzene rings is 1. The Kier molecular flexibility index (Phi) is 4.93. The van der Waals surface area contributed by atoms with Crippen LogP contribution in [-0.4, -0.2) is 38.5 Å². The van der Waals surface area contributed by atoms with Crippen LogP contribution in [0.2, 0.25) is 0 Å². The lowest BCUT2D eigenvalue weighted by Gasteiger charge is -2.20. The maximum absolute atomic E-state index is 11.2. The van der Waals surface area contributed by atoms with Gasteiger partial charge in [0, 0.05) is 7.11 Å². The molecular weight excluding hydrogens is 224 g/mol. The first-order valence-corrected chi connectivity index (χ1v) is 5.06. The van der Waals surface area contributed by atoms with Crippen molar-refractivity contribution in [1.82, 2.24) is 0 Å². The lowest BCUT2D eigenvalue weighted by Crippen LogP contribution is -2.30. The van der Waals surface area contributed by atoms with Gasteiger partial charge in [-0.25, -0.2) is 4.79 Å². The van der Waals surface area contributed by atoms with Gasteiger partial charge in [-0.3, -0.25) is 0 Å². The van der Waals surface area contributed by atoms with Crippen LogP contribution in [0.15, 0.2) is 24.3 Å². The van der Waals surface area contributed by atoms with Crippen LogP contribution >= 0.6 is 0 Å². The van der Waals surface area contributed by atoms with E-state index < -0.39 is 18.2 Å². The zero-order chi connectivity index (χ0) is 12.8. The highest BCUT2D eigenvalue weighted by Gasteiger charge is 2.28. The molecule has 1 aromatic carbocycles. The summed E-state index contributed by atoms with van der Waals surface area (Å²) in [5, 5.41) is 9.73. The van der Waals surface area contributed by atoms with Crippen LogP contribution in [0, 0.1) is 0 Å². The van der Waals surface area contributed by atoms with Gasteiger partial charge in [-0.15, -0.1) is 0 Å². The fourth-order valence-corrected chi connectivity index (χ4v) is 1.49. The van der Waals surface area contributed by atoms with Crippen LogP contribution in [0.4, 0.5) is 0 Å². The summed E-state index contributed by atoms with van der Waals surface area (Å²) in [6, 6.07) is 6.90. The number of aliphatic hydroxyl groups excluding tert-OH is 1. The minimum absolute atomic E-state index is 0.672. The summed E-state index contributed by atoms with van der Waals surface area (Å²) in [6.45, 7) is 0. The lowest BCUT2D eigenvalue weighted by molar-refractivity contribution is -0.158. The Morgan fingerprint density at radius 2 is 1.76 bits per heavy atom. The number of rotatable bonds is 5. The Morgan fingerprint density at radius 1 is 1.18 bits per heavy atom. The maximum atomic E-state index is 11.2. The third kappa shape index (κ3) is 3.18. The highest BCUT2D eigenvalue weighted by atomic mass is 16.5. The molecule has 94 valence electrons. The SMILES string of the molecule is COC(=O)[C@H](O)[C@@H](OC)c1ccc(OC)cc1. The van der Waals surface area contributed by atoms with Gasteiger partial charge < -0.3 is 19.3 Å². The molecule has 1 aromatic rings. The second-order valence-corrected chi connectivity index (χ2v) is 3.40. The number of hydrogen-bond acceptors (Lipinski definition) is 5. The molecule has 0 spiro atoms. The molecule has 17 heavy (non-hydrogen) atoms. The number of carbonyl (C=O) groups is 1. The van der Waals surface area contributed by atoms with E-state index in [2.05, 4.69) is 4.74 Å². The number of carbonyl (C=O) groups excluding carboxylic acids is 1. The van der Waals surface area contributed by atoms with Gasteiger partial charge in [-0.1, -0.05) is 12.1 Å². The molecule has 0 aliphatic carbocycles. The minimum Gasteiger partial charge on any atom is -0.497 e. The van der Waals surface area contributed by atoms with Gasteiger partial charge in [-0.2, -0.15) is 0 Å². The van der Waals surface area contributed by atoms with Crippen molar-refractivity contribution >= 4 is 5.97 Å². The van der Waals surface area contributed by atoms with E-state index in [1.807, 2.05) is 0 Å². The second kappa shape index (κ2) is 6.22. The van der Waals surface area contributed by atoms with Gasteiger partial charge in [0.2, 0.25) is 0 Å². The molecule has 0 aromatic heterocycles. The fraction of sp³-hybridized carbons (Fsp3) is 0.417. The molecule has 0 amide bonds. The molecule has 0 radical (unpaired) electrons. The van der Waals surface area contributed by atoms with E-state index in [1.54, 1.807) is 31.4 Å². The van der Waals surface area contributed by atoms with Gasteiger partial charge in [0.15, 0.2) is 6.10 Å². The smallest absolute Gasteiger partial charge is 0.337 e. The molecule has 0 bridgehead atoms. The molecule has 0 fully saturated rings. The maximum Gasteiger partial charge on any atom is 0.337 e. The van der Waals surface area contributed by atoms with Crippen molar-refractivity contribution in [3.63, 3.8) is 0 Å². The molecule has 0 unspecified atom stereocenters. The molecule has 5 nitrogen and oxygen atoms in total. The Morgan fingerprint density at radius 3 is 2.18 bits per heavy atom. The van der Waals surface area contributed by atoms with Crippen molar-refractivity contribution in [1.29, 1.82) is 0 Å². The van der Waals surface area contributed by atoms with Crippen molar-refractivity contribution in [3.8, 4) is 5.75 Å². The van der Waals surface area contributed by atoms with E-state index in [0.717, 1.165) is 0 Å². The van der Waals surface area contributed by atoms with E-state index in [0.29, 0.717) is 11.3 Å². The molecular formula is C12H16O5. The van der Waals surface area contributed by atoms with Crippen LogP contribution in [0.3, 0.4) is 0 Å². The Bertz CT molecular complexity index is 360. The number of aliphatic hydroxyl groups is 1. The summed E-state index contributed by atoms with van der Waals surface area (Å²) in [7, 11) is 4.19. The summed E-state index contributed by atoms with van der Waals surface area (Å²) in [4.78, 5) is 11.2. The zero-order valence-electron chi connectivity index (χ0n) is 10.0. The van der Waals surface area contributed by atoms with Crippen molar-refractivity contribution in [2.45, 2.75) is 12.2 Å². The molecule has 0 saturated heterocycles. The standard InChI is InChI=1S/C12H16O5/c1-15-9-6-4-8(5-7-9)11(16-2)10(13)12(14)17-3/h4-7,10-11,13H,1-3H3/t10-,11+/m1/s1. The molecule has 0 aliphatic rings. The summed E-state index contributed by atoms with van der Waals surface area (Å²) in [6.07, 6.45) is -2.10. The average molecular weight is 240 g/mol. The Labute approximate surface area is 99.9 Å². The number of esters is 1. The summed E-state index contributed by atoms with van der Waals surface area (Å²) < 4.78 is 14.6. The normalized spacial score (nSPS) is 13.9. The van der Waals surface area contributed by atoms with Crippen molar-refractivity contribution in [2.24, 2.45) is 0 Å². The summed E-state index contributed by atoms with van der Waals surface area (Å²) in [5.74, 6) is -0.0381. The van der Waals surface area contributed by atoms with Crippen LogP contribution < -0.4 is 4.74 Å². The minimum atomic E-state index is -1.35. The van der Waals surface area contributed by atoms with Gasteiger partial charge >= 0.3 is 5.97 Å². The van der Waals surface area contributed by atoms with Gasteiger partial charge in [-0.05, 0) is 17.7 Å². The molecule has 5 heteroatoms. The Hall–Kier alpha value is -1.59. The van der Waals surface area contributed by atoms with E-state index in [-0.39, 0.29) is 0 Å². The highest BCUT2D eigenvalue weighted by Crippen LogP contribution is 2.23. The third-order valence-corrected chi connectivity index (χ3v) is 2.43. The van der Waals surface area contributed by atoms with Gasteiger partial charge in [0.25, 0.3) is 0 Å². The topological polar surface area (TPSA) is 65.0 Å². The molecule has 0 aliphatic heterocycles. The zero-order valence-corrected chi connectivity index (χ0v) is 10.0. The summed E-state index contributed by atoms with van der Waals surface area (Å²) >= 11 is 0. The third-order valence-electron chi connectivity index (χ3n) is 2.43. The predicted molar refractivity (Wildman–Crippen MR) is 60.8 cm³/mol. The molecule has 1 N–H and O–H groups in total. The first kappa shape index (κ1) is 13.5. The quantitative estimate of drug-likeness (QED) is 0.775. The second-order valence-electron chi connectivity index (χ2n) is 3.40. The largest absolute Gasteiger partial charge is 0.497 e. The average Bonchev–Trinajstić information content (AvgIpc) is 2.39. The van der Waals surface area contributed by atoms with E-state index >= 15 is 0 Å². The van der Waals surface area contributed by atoms with E-state index in [9.17, 15) is 9.90 Å². The summed E-state index contributed by atoms with van der Waals surface area (Å²) in [5.41, 5.74) is 0.672. The Balaban J connectivity index is 2.89. The molecule has 0 saturated carbocycles. The molecule has 1 rings (SSSR count). The highest BCUT2D eigenvalue weighted by molar-refractivity contribution is 5.75. The van der Waals surface area contributed by atoms with Crippen LogP contribution in [-0.2, 0) is 14.3 Å². The first-order chi connectivity index (χ1) is 8.13. The van der Waals surface area contributed by atoms with Crippen LogP contribution in [0.25, 0.3) is 0 Å². The van der Waals surface area contributed by atoms with Crippen molar-refractivity contribution in [2.75, 3.05) is 21.3 Å². The number of hydrogen-bond donors (Lipinski definition) is 1. The monoisotopic (exact) mass is 240 g/mol. The number of methoxy groups -OCH3 is 3. The van der Waals surface area contributed by atoms with Gasteiger partial charge in [0.1, 0.15) is 11.9 Å². The van der Waals surface area contributed by atoms with Crippen LogP contribution in [0.5, 0.6) is 5.75 Å². The molecule has 2 atom stereocenters. The fourth-order valence-electron chi connectivity index (χ4n) is 1.49. The van der Waals surface area contributed by atoms with Crippen LogP contribution in [0.1, 0.15) is 11.7 Å². The van der Waals surface area contributed by atoms with E-state index in [1.165, 1.54) is 14.2 Å². The number of ether oxygens (including phenoxy) is 3. The van der Waals surface area contributed by atoms with E-state index in [4.69, 9.17) is 9.47 Å². The lowest BCUT2D eigenvalue weighted by atomic mass is 10.0. The van der Waals surface area contributed by atoms with Crippen molar-refractivity contribution in [3.05, 3.63) is 29.8 Å². The van der Waals surface area contributed by atoms with Gasteiger partial charge in [0.05, 0.1) is 14.2 Å². The van der Waals surface area contributed by atoms with Crippen molar-refractivity contribution < 1.29 is 24.1 Å². The first-order valence-electron chi connectivity index (χ1n) is 5.06.